The van der Waals surface area contributed by atoms with Crippen LogP contribution in [0, 0.1) is 5.82 Å². The Bertz CT molecular complexity index is 781. The van der Waals surface area contributed by atoms with Crippen LogP contribution in [-0.2, 0) is 21.2 Å². The topological polar surface area (TPSA) is 96.4 Å². The van der Waals surface area contributed by atoms with Gasteiger partial charge in [0.2, 0.25) is 10.0 Å². The number of sulfonamides is 1. The predicted molar refractivity (Wildman–Crippen MR) is 80.7 cm³/mol. The number of halogens is 1. The van der Waals surface area contributed by atoms with Crippen LogP contribution in [0.5, 0.6) is 0 Å². The third-order valence-electron chi connectivity index (χ3n) is 3.15. The van der Waals surface area contributed by atoms with Gasteiger partial charge in [-0.05, 0) is 24.5 Å². The molecular weight excluding hydrogens is 323 g/mol. The van der Waals surface area contributed by atoms with Crippen molar-refractivity contribution in [1.29, 1.82) is 0 Å². The van der Waals surface area contributed by atoms with Crippen LogP contribution in [0.15, 0.2) is 53.7 Å². The van der Waals surface area contributed by atoms with Gasteiger partial charge in [-0.1, -0.05) is 30.3 Å². The monoisotopic (exact) mass is 338 g/mol. The zero-order chi connectivity index (χ0) is 16.9. The number of hydrogen-bond donors (Lipinski definition) is 2. The summed E-state index contributed by atoms with van der Waals surface area (Å²) in [6.45, 7) is 0. The van der Waals surface area contributed by atoms with E-state index in [1.54, 1.807) is 0 Å². The molecule has 0 aliphatic heterocycles. The summed E-state index contributed by atoms with van der Waals surface area (Å²) in [5, 5.41) is 9.20. The number of hydrogen-bond acceptors (Lipinski definition) is 4. The van der Waals surface area contributed by atoms with Crippen molar-refractivity contribution in [3.63, 3.8) is 0 Å². The highest BCUT2D eigenvalue weighted by Crippen LogP contribution is 2.12. The minimum Gasteiger partial charge on any atom is -0.480 e. The molecule has 0 amide bonds. The number of pyridine rings is 1. The molecule has 1 aromatic carbocycles. The molecule has 2 N–H and O–H groups in total. The molecule has 0 spiro atoms. The van der Waals surface area contributed by atoms with Gasteiger partial charge in [0.05, 0.1) is 6.20 Å². The van der Waals surface area contributed by atoms with Gasteiger partial charge in [0, 0.05) is 6.20 Å². The van der Waals surface area contributed by atoms with E-state index < -0.39 is 32.7 Å². The van der Waals surface area contributed by atoms with Crippen molar-refractivity contribution >= 4 is 16.0 Å². The van der Waals surface area contributed by atoms with Crippen LogP contribution in [0.2, 0.25) is 0 Å². The number of aromatic nitrogens is 1. The summed E-state index contributed by atoms with van der Waals surface area (Å²) >= 11 is 0. The molecule has 0 saturated heterocycles. The average Bonchev–Trinajstić information content (AvgIpc) is 2.52. The lowest BCUT2D eigenvalue weighted by Crippen LogP contribution is -2.41. The van der Waals surface area contributed by atoms with Gasteiger partial charge in [0.25, 0.3) is 0 Å². The van der Waals surface area contributed by atoms with Crippen LogP contribution < -0.4 is 4.72 Å². The van der Waals surface area contributed by atoms with E-state index in [-0.39, 0.29) is 6.42 Å². The van der Waals surface area contributed by atoms with Gasteiger partial charge in [-0.25, -0.2) is 12.8 Å². The quantitative estimate of drug-likeness (QED) is 0.799. The second-order valence-electron chi connectivity index (χ2n) is 4.88. The molecule has 0 aliphatic carbocycles. The van der Waals surface area contributed by atoms with Crippen LogP contribution in [-0.4, -0.2) is 30.5 Å². The summed E-state index contributed by atoms with van der Waals surface area (Å²) in [6, 6.07) is 8.57. The van der Waals surface area contributed by atoms with Gasteiger partial charge in [0.1, 0.15) is 16.8 Å². The molecule has 2 rings (SSSR count). The van der Waals surface area contributed by atoms with Crippen molar-refractivity contribution in [2.24, 2.45) is 0 Å². The lowest BCUT2D eigenvalue weighted by molar-refractivity contribution is -0.139. The fraction of sp³-hybridized carbons (Fsp3) is 0.200. The van der Waals surface area contributed by atoms with Crippen molar-refractivity contribution in [2.75, 3.05) is 0 Å². The van der Waals surface area contributed by atoms with Gasteiger partial charge in [-0.2, -0.15) is 4.72 Å². The third kappa shape index (κ3) is 4.83. The average molecular weight is 338 g/mol. The van der Waals surface area contributed by atoms with Crippen LogP contribution in [0.3, 0.4) is 0 Å². The largest absolute Gasteiger partial charge is 0.480 e. The van der Waals surface area contributed by atoms with E-state index in [0.717, 1.165) is 24.0 Å². The zero-order valence-electron chi connectivity index (χ0n) is 12.0. The molecule has 1 heterocycles. The predicted octanol–water partition coefficient (Wildman–Crippen LogP) is 1.59. The molecule has 0 radical (unpaired) electrons. The van der Waals surface area contributed by atoms with Crippen LogP contribution >= 0.6 is 0 Å². The molecule has 1 atom stereocenters. The molecule has 122 valence electrons. The van der Waals surface area contributed by atoms with Gasteiger partial charge >= 0.3 is 5.97 Å². The summed E-state index contributed by atoms with van der Waals surface area (Å²) in [4.78, 5) is 14.3. The van der Waals surface area contributed by atoms with E-state index in [4.69, 9.17) is 0 Å². The molecule has 0 bridgehead atoms. The molecule has 1 aromatic heterocycles. The molecule has 6 nitrogen and oxygen atoms in total. The first-order valence-electron chi connectivity index (χ1n) is 6.78. The van der Waals surface area contributed by atoms with E-state index in [1.807, 2.05) is 30.3 Å². The number of nitrogens with one attached hydrogen (secondary N) is 1. The molecule has 0 aliphatic rings. The molecule has 0 saturated carbocycles. The molecule has 2 aromatic rings. The Morgan fingerprint density at radius 3 is 2.57 bits per heavy atom. The highest BCUT2D eigenvalue weighted by molar-refractivity contribution is 7.89. The van der Waals surface area contributed by atoms with E-state index in [1.165, 1.54) is 0 Å². The number of aryl methyl sites for hydroxylation is 1. The second-order valence-corrected chi connectivity index (χ2v) is 6.59. The number of aliphatic carboxylic acids is 1. The lowest BCUT2D eigenvalue weighted by atomic mass is 10.1. The summed E-state index contributed by atoms with van der Waals surface area (Å²) < 4.78 is 39.4. The molecule has 23 heavy (non-hydrogen) atoms. The SMILES string of the molecule is O=C(O)C(CCc1ccccc1)NS(=O)(=O)c1cncc(F)c1. The van der Waals surface area contributed by atoms with E-state index in [9.17, 15) is 22.7 Å². The smallest absolute Gasteiger partial charge is 0.321 e. The first-order chi connectivity index (χ1) is 10.9. The van der Waals surface area contributed by atoms with Gasteiger partial charge in [-0.3, -0.25) is 9.78 Å². The number of carboxylic acid groups (broad SMARTS) is 1. The number of benzene rings is 1. The standard InChI is InChI=1S/C15H15FN2O4S/c16-12-8-13(10-17-9-12)23(21,22)18-14(15(19)20)7-6-11-4-2-1-3-5-11/h1-5,8-10,14,18H,6-7H2,(H,19,20). The van der Waals surface area contributed by atoms with Crippen LogP contribution in [0.1, 0.15) is 12.0 Å². The highest BCUT2D eigenvalue weighted by atomic mass is 32.2. The van der Waals surface area contributed by atoms with Crippen LogP contribution in [0.4, 0.5) is 4.39 Å². The Morgan fingerprint density at radius 1 is 1.26 bits per heavy atom. The number of nitrogens with zero attached hydrogens (tertiary/aromatic N) is 1. The molecule has 8 heteroatoms. The minimum absolute atomic E-state index is 0.0708. The summed E-state index contributed by atoms with van der Waals surface area (Å²) in [7, 11) is -4.16. The van der Waals surface area contributed by atoms with Gasteiger partial charge in [0.15, 0.2) is 0 Å². The van der Waals surface area contributed by atoms with E-state index in [0.29, 0.717) is 6.42 Å². The maximum Gasteiger partial charge on any atom is 0.321 e. The summed E-state index contributed by atoms with van der Waals surface area (Å²) in [5.74, 6) is -2.11. The number of rotatable bonds is 7. The van der Waals surface area contributed by atoms with Crippen molar-refractivity contribution in [2.45, 2.75) is 23.8 Å². The minimum atomic E-state index is -4.16. The van der Waals surface area contributed by atoms with Crippen molar-refractivity contribution in [3.8, 4) is 0 Å². The second kappa shape index (κ2) is 7.30. The first-order valence-corrected chi connectivity index (χ1v) is 8.26. The maximum absolute atomic E-state index is 13.1. The fourth-order valence-electron chi connectivity index (χ4n) is 1.98. The zero-order valence-corrected chi connectivity index (χ0v) is 12.8. The molecule has 1 unspecified atom stereocenters. The fourth-order valence-corrected chi connectivity index (χ4v) is 3.18. The maximum atomic E-state index is 13.1. The Hall–Kier alpha value is -2.32. The van der Waals surface area contributed by atoms with Crippen molar-refractivity contribution in [1.82, 2.24) is 9.71 Å². The van der Waals surface area contributed by atoms with Crippen molar-refractivity contribution in [3.05, 3.63) is 60.2 Å². The third-order valence-corrected chi connectivity index (χ3v) is 4.59. The molecular formula is C15H15FN2O4S. The Morgan fingerprint density at radius 2 is 1.96 bits per heavy atom. The van der Waals surface area contributed by atoms with E-state index in [2.05, 4.69) is 9.71 Å². The number of carbonyl (C=O) groups is 1. The number of carboxylic acids is 1. The Balaban J connectivity index is 2.11. The van der Waals surface area contributed by atoms with E-state index >= 15 is 0 Å². The van der Waals surface area contributed by atoms with Gasteiger partial charge < -0.3 is 5.11 Å². The normalized spacial score (nSPS) is 12.7. The first kappa shape index (κ1) is 17.0. The van der Waals surface area contributed by atoms with Crippen LogP contribution in [0.25, 0.3) is 0 Å². The van der Waals surface area contributed by atoms with Gasteiger partial charge in [-0.15, -0.1) is 0 Å². The lowest BCUT2D eigenvalue weighted by Gasteiger charge is -2.14. The molecule has 0 fully saturated rings. The van der Waals surface area contributed by atoms with Crippen molar-refractivity contribution < 1.29 is 22.7 Å². The summed E-state index contributed by atoms with van der Waals surface area (Å²) in [6.07, 6.45) is 2.29. The summed E-state index contributed by atoms with van der Waals surface area (Å²) in [5.41, 5.74) is 0.894. The Kier molecular flexibility index (Phi) is 5.41. The highest BCUT2D eigenvalue weighted by Gasteiger charge is 2.25. The Labute approximate surface area is 133 Å².